The summed E-state index contributed by atoms with van der Waals surface area (Å²) < 4.78 is 12.0. The van der Waals surface area contributed by atoms with E-state index in [4.69, 9.17) is 9.47 Å². The van der Waals surface area contributed by atoms with Crippen molar-refractivity contribution in [2.45, 2.75) is 19.3 Å². The maximum absolute atomic E-state index is 12.8. The predicted molar refractivity (Wildman–Crippen MR) is 159 cm³/mol. The number of hydrogen-bond acceptors (Lipinski definition) is 5. The van der Waals surface area contributed by atoms with Gasteiger partial charge in [-0.2, -0.15) is 0 Å². The van der Waals surface area contributed by atoms with Crippen LogP contribution in [0.4, 0.5) is 5.69 Å². The van der Waals surface area contributed by atoms with E-state index < -0.39 is 5.97 Å². The molecule has 1 atom stereocenters. The first kappa shape index (κ1) is 28.4. The normalized spacial score (nSPS) is 14.6. The van der Waals surface area contributed by atoms with Crippen LogP contribution in [0.3, 0.4) is 0 Å². The molecule has 0 saturated carbocycles. The van der Waals surface area contributed by atoms with Gasteiger partial charge < -0.3 is 24.8 Å². The number of amides is 2. The Hall–Kier alpha value is -5.11. The maximum Gasteiger partial charge on any atom is 0.337 e. The average Bonchev–Trinajstić information content (AvgIpc) is 3.02. The summed E-state index contributed by atoms with van der Waals surface area (Å²) in [7, 11) is 0. The van der Waals surface area contributed by atoms with Crippen LogP contribution in [0.1, 0.15) is 39.1 Å². The molecule has 4 aromatic carbocycles. The fraction of sp³-hybridized carbons (Fsp3) is 0.206. The molecule has 8 heteroatoms. The molecule has 1 saturated heterocycles. The van der Waals surface area contributed by atoms with Gasteiger partial charge >= 0.3 is 5.97 Å². The smallest absolute Gasteiger partial charge is 0.337 e. The Morgan fingerprint density at radius 2 is 1.45 bits per heavy atom. The molecule has 4 aromatic rings. The van der Waals surface area contributed by atoms with Crippen LogP contribution in [0.2, 0.25) is 0 Å². The average molecular weight is 565 g/mol. The van der Waals surface area contributed by atoms with Crippen molar-refractivity contribution in [3.63, 3.8) is 0 Å². The lowest BCUT2D eigenvalue weighted by Crippen LogP contribution is -2.41. The number of carboxylic acids is 1. The van der Waals surface area contributed by atoms with Crippen LogP contribution in [0, 0.1) is 5.92 Å². The van der Waals surface area contributed by atoms with Crippen LogP contribution >= 0.6 is 0 Å². The van der Waals surface area contributed by atoms with Crippen molar-refractivity contribution in [1.82, 2.24) is 4.90 Å². The van der Waals surface area contributed by atoms with E-state index in [2.05, 4.69) is 5.32 Å². The largest absolute Gasteiger partial charge is 0.493 e. The molecule has 5 rings (SSSR count). The van der Waals surface area contributed by atoms with E-state index >= 15 is 0 Å². The quantitative estimate of drug-likeness (QED) is 0.235. The van der Waals surface area contributed by atoms with Crippen molar-refractivity contribution in [2.24, 2.45) is 5.92 Å². The van der Waals surface area contributed by atoms with Gasteiger partial charge in [-0.1, -0.05) is 42.5 Å². The summed E-state index contributed by atoms with van der Waals surface area (Å²) in [5.74, 6) is 0.940. The van der Waals surface area contributed by atoms with Gasteiger partial charge in [-0.25, -0.2) is 4.79 Å². The van der Waals surface area contributed by atoms with E-state index in [0.29, 0.717) is 30.2 Å². The molecule has 1 unspecified atom stereocenters. The number of likely N-dealkylation sites (tertiary alicyclic amines) is 1. The number of carboxylic acid groups (broad SMARTS) is 1. The minimum absolute atomic E-state index is 0.0435. The first-order valence-corrected chi connectivity index (χ1v) is 13.9. The monoisotopic (exact) mass is 564 g/mol. The van der Waals surface area contributed by atoms with Crippen molar-refractivity contribution in [3.05, 3.63) is 120 Å². The number of anilines is 1. The summed E-state index contributed by atoms with van der Waals surface area (Å²) in [6.07, 6.45) is 2.08. The van der Waals surface area contributed by atoms with Crippen molar-refractivity contribution in [1.29, 1.82) is 0 Å². The third kappa shape index (κ3) is 7.54. The highest BCUT2D eigenvalue weighted by Crippen LogP contribution is 2.26. The van der Waals surface area contributed by atoms with E-state index in [0.717, 1.165) is 30.7 Å². The van der Waals surface area contributed by atoms with E-state index in [1.165, 1.54) is 6.07 Å². The molecule has 1 fully saturated rings. The van der Waals surface area contributed by atoms with Gasteiger partial charge in [0.1, 0.15) is 17.2 Å². The molecular weight excluding hydrogens is 532 g/mol. The minimum atomic E-state index is -1.10. The lowest BCUT2D eigenvalue weighted by atomic mass is 9.98. The van der Waals surface area contributed by atoms with Gasteiger partial charge in [0.05, 0.1) is 24.3 Å². The van der Waals surface area contributed by atoms with E-state index in [-0.39, 0.29) is 35.4 Å². The lowest BCUT2D eigenvalue weighted by Gasteiger charge is -2.32. The number of nitrogens with one attached hydrogen (secondary N) is 1. The van der Waals surface area contributed by atoms with Crippen LogP contribution in [0.5, 0.6) is 17.2 Å². The number of rotatable bonds is 10. The third-order valence-electron chi connectivity index (χ3n) is 7.09. The zero-order valence-electron chi connectivity index (χ0n) is 23.1. The van der Waals surface area contributed by atoms with Crippen LogP contribution < -0.4 is 14.8 Å². The number of aromatic carboxylic acids is 1. The van der Waals surface area contributed by atoms with E-state index in [9.17, 15) is 19.5 Å². The summed E-state index contributed by atoms with van der Waals surface area (Å²) in [6, 6.07) is 30.2. The summed E-state index contributed by atoms with van der Waals surface area (Å²) >= 11 is 0. The second-order valence-corrected chi connectivity index (χ2v) is 10.2. The number of para-hydroxylation sites is 1. The van der Waals surface area contributed by atoms with Crippen molar-refractivity contribution >= 4 is 23.5 Å². The fourth-order valence-electron chi connectivity index (χ4n) is 4.94. The molecule has 0 radical (unpaired) electrons. The molecule has 2 N–H and O–H groups in total. The standard InChI is InChI=1S/C34H32N2O6/c37-32(35-31-11-5-4-10-30(31)34(39)40)21-24-12-14-28(15-13-24)42-29-18-16-27(17-19-29)41-23-25-7-6-20-36(22-25)33(38)26-8-2-1-3-9-26/h1-5,8-19,25H,6-7,20-23H2,(H,35,37)(H,39,40). The highest BCUT2D eigenvalue weighted by atomic mass is 16.5. The Kier molecular flexibility index (Phi) is 9.13. The number of carbonyl (C=O) groups excluding carboxylic acids is 2. The number of benzene rings is 4. The van der Waals surface area contributed by atoms with Crippen molar-refractivity contribution in [2.75, 3.05) is 25.0 Å². The van der Waals surface area contributed by atoms with Crippen molar-refractivity contribution < 1.29 is 29.0 Å². The van der Waals surface area contributed by atoms with Gasteiger partial charge in [0.25, 0.3) is 5.91 Å². The zero-order chi connectivity index (χ0) is 29.3. The van der Waals surface area contributed by atoms with Gasteiger partial charge in [0, 0.05) is 24.6 Å². The SMILES string of the molecule is O=C(Cc1ccc(Oc2ccc(OCC3CCCN(C(=O)c4ccccc4)C3)cc2)cc1)Nc1ccccc1C(=O)O. The number of ether oxygens (including phenoxy) is 2. The minimum Gasteiger partial charge on any atom is -0.493 e. The van der Waals surface area contributed by atoms with Crippen LogP contribution in [0.25, 0.3) is 0 Å². The molecule has 214 valence electrons. The fourth-order valence-corrected chi connectivity index (χ4v) is 4.94. The topological polar surface area (TPSA) is 105 Å². The number of hydrogen-bond donors (Lipinski definition) is 2. The first-order valence-electron chi connectivity index (χ1n) is 13.9. The Balaban J connectivity index is 1.08. The highest BCUT2D eigenvalue weighted by molar-refractivity contribution is 6.01. The van der Waals surface area contributed by atoms with E-state index in [1.807, 2.05) is 59.5 Å². The summed E-state index contributed by atoms with van der Waals surface area (Å²) in [5.41, 5.74) is 1.79. The second kappa shape index (κ2) is 13.5. The molecule has 0 spiro atoms. The van der Waals surface area contributed by atoms with E-state index in [1.54, 1.807) is 42.5 Å². The Bertz CT molecular complexity index is 1520. The second-order valence-electron chi connectivity index (χ2n) is 10.2. The van der Waals surface area contributed by atoms with Gasteiger partial charge in [-0.05, 0) is 79.1 Å². The summed E-state index contributed by atoms with van der Waals surface area (Å²) in [6.45, 7) is 1.99. The third-order valence-corrected chi connectivity index (χ3v) is 7.09. The lowest BCUT2D eigenvalue weighted by molar-refractivity contribution is -0.115. The van der Waals surface area contributed by atoms with Crippen LogP contribution in [-0.4, -0.2) is 47.5 Å². The predicted octanol–water partition coefficient (Wildman–Crippen LogP) is 6.29. The van der Waals surface area contributed by atoms with Crippen molar-refractivity contribution in [3.8, 4) is 17.2 Å². The van der Waals surface area contributed by atoms with Gasteiger partial charge in [0.15, 0.2) is 0 Å². The molecule has 1 aliphatic rings. The molecule has 1 aliphatic heterocycles. The molecule has 0 aromatic heterocycles. The maximum atomic E-state index is 12.8. The molecule has 42 heavy (non-hydrogen) atoms. The Labute approximate surface area is 244 Å². The van der Waals surface area contributed by atoms with Crippen LogP contribution in [0.15, 0.2) is 103 Å². The van der Waals surface area contributed by atoms with Gasteiger partial charge in [-0.15, -0.1) is 0 Å². The molecular formula is C34H32N2O6. The number of nitrogens with zero attached hydrogens (tertiary/aromatic N) is 1. The number of piperidine rings is 1. The Morgan fingerprint density at radius 3 is 2.17 bits per heavy atom. The molecule has 8 nitrogen and oxygen atoms in total. The summed E-state index contributed by atoms with van der Waals surface area (Å²) in [4.78, 5) is 38.5. The van der Waals surface area contributed by atoms with Gasteiger partial charge in [0.2, 0.25) is 5.91 Å². The zero-order valence-corrected chi connectivity index (χ0v) is 23.1. The molecule has 0 aliphatic carbocycles. The highest BCUT2D eigenvalue weighted by Gasteiger charge is 2.25. The molecule has 2 amide bonds. The summed E-state index contributed by atoms with van der Waals surface area (Å²) in [5, 5.41) is 12.0. The molecule has 1 heterocycles. The van der Waals surface area contributed by atoms with Gasteiger partial charge in [-0.3, -0.25) is 9.59 Å². The Morgan fingerprint density at radius 1 is 0.810 bits per heavy atom. The number of carbonyl (C=O) groups is 3. The van der Waals surface area contributed by atoms with Crippen LogP contribution in [-0.2, 0) is 11.2 Å². The first-order chi connectivity index (χ1) is 20.4. The molecule has 0 bridgehead atoms.